The van der Waals surface area contributed by atoms with Crippen LogP contribution in [0.1, 0.15) is 13.3 Å². The zero-order valence-corrected chi connectivity index (χ0v) is 15.6. The van der Waals surface area contributed by atoms with Gasteiger partial charge in [0, 0.05) is 58.7 Å². The number of para-hydroxylation sites is 1. The number of nitrogens with one attached hydrogen (secondary N) is 1. The smallest absolute Gasteiger partial charge is 0.194 e. The van der Waals surface area contributed by atoms with Gasteiger partial charge in [-0.15, -0.1) is 0 Å². The van der Waals surface area contributed by atoms with Gasteiger partial charge in [0.05, 0.1) is 13.2 Å². The number of rotatable bonds is 9. The van der Waals surface area contributed by atoms with Crippen LogP contribution in [0.5, 0.6) is 0 Å². The van der Waals surface area contributed by atoms with Crippen molar-refractivity contribution in [3.05, 3.63) is 30.3 Å². The first-order valence-electron chi connectivity index (χ1n) is 9.25. The summed E-state index contributed by atoms with van der Waals surface area (Å²) in [5.41, 5.74) is 1.30. The molecule has 0 spiro atoms. The van der Waals surface area contributed by atoms with Crippen LogP contribution in [-0.2, 0) is 9.47 Å². The molecule has 0 saturated carbocycles. The van der Waals surface area contributed by atoms with E-state index >= 15 is 0 Å². The number of methoxy groups -OCH3 is 1. The molecule has 2 rings (SSSR count). The maximum absolute atomic E-state index is 5.49. The van der Waals surface area contributed by atoms with Crippen LogP contribution in [-0.4, -0.2) is 77.1 Å². The minimum atomic E-state index is 0.650. The normalized spacial score (nSPS) is 15.5. The summed E-state index contributed by atoms with van der Waals surface area (Å²) in [7, 11) is 1.69. The summed E-state index contributed by atoms with van der Waals surface area (Å²) in [4.78, 5) is 9.54. The first-order valence-corrected chi connectivity index (χ1v) is 9.25. The number of hydrogen-bond acceptors (Lipinski definition) is 4. The molecule has 1 aromatic rings. The number of ether oxygens (including phenoxy) is 2. The van der Waals surface area contributed by atoms with Gasteiger partial charge in [0.2, 0.25) is 0 Å². The predicted molar refractivity (Wildman–Crippen MR) is 104 cm³/mol. The highest BCUT2D eigenvalue weighted by atomic mass is 16.5. The Hall–Kier alpha value is -1.79. The molecule has 0 unspecified atom stereocenters. The molecular weight excluding hydrogens is 316 g/mol. The van der Waals surface area contributed by atoms with E-state index in [4.69, 9.17) is 14.5 Å². The second-order valence-electron chi connectivity index (χ2n) is 6.00. The van der Waals surface area contributed by atoms with Crippen LogP contribution in [0, 0.1) is 0 Å². The van der Waals surface area contributed by atoms with Gasteiger partial charge >= 0.3 is 0 Å². The molecule has 1 aromatic carbocycles. The maximum Gasteiger partial charge on any atom is 0.194 e. The Kier molecular flexibility index (Phi) is 9.15. The average Bonchev–Trinajstić information content (AvgIpc) is 2.67. The van der Waals surface area contributed by atoms with E-state index in [0.29, 0.717) is 13.2 Å². The lowest BCUT2D eigenvalue weighted by atomic mass is 10.2. The van der Waals surface area contributed by atoms with Crippen LogP contribution >= 0.6 is 0 Å². The predicted octanol–water partition coefficient (Wildman–Crippen LogP) is 1.83. The summed E-state index contributed by atoms with van der Waals surface area (Å²) in [6, 6.07) is 10.6. The number of benzene rings is 1. The molecule has 0 radical (unpaired) electrons. The largest absolute Gasteiger partial charge is 0.382 e. The van der Waals surface area contributed by atoms with Crippen molar-refractivity contribution < 1.29 is 9.47 Å². The van der Waals surface area contributed by atoms with Gasteiger partial charge in [0.25, 0.3) is 0 Å². The molecule has 0 aromatic heterocycles. The number of anilines is 1. The number of aliphatic imine (C=N–C) groups is 1. The minimum absolute atomic E-state index is 0.650. The van der Waals surface area contributed by atoms with Crippen molar-refractivity contribution in [2.45, 2.75) is 13.3 Å². The van der Waals surface area contributed by atoms with Gasteiger partial charge in [-0.05, 0) is 25.5 Å². The van der Waals surface area contributed by atoms with Crippen molar-refractivity contribution in [2.75, 3.05) is 71.1 Å². The summed E-state index contributed by atoms with van der Waals surface area (Å²) in [6.07, 6.45) is 0.933. The van der Waals surface area contributed by atoms with Crippen molar-refractivity contribution in [1.82, 2.24) is 10.2 Å². The minimum Gasteiger partial charge on any atom is -0.382 e. The highest BCUT2D eigenvalue weighted by molar-refractivity contribution is 5.80. The van der Waals surface area contributed by atoms with Crippen LogP contribution in [0.2, 0.25) is 0 Å². The number of nitrogens with zero attached hydrogens (tertiary/aromatic N) is 3. The number of guanidine groups is 1. The molecule has 1 heterocycles. The lowest BCUT2D eigenvalue weighted by molar-refractivity contribution is 0.0702. The summed E-state index contributed by atoms with van der Waals surface area (Å²) in [5, 5.41) is 3.41. The Morgan fingerprint density at radius 1 is 1.08 bits per heavy atom. The zero-order chi connectivity index (χ0) is 17.7. The first kappa shape index (κ1) is 19.5. The molecule has 0 amide bonds. The van der Waals surface area contributed by atoms with Gasteiger partial charge < -0.3 is 24.6 Å². The van der Waals surface area contributed by atoms with E-state index in [-0.39, 0.29) is 0 Å². The monoisotopic (exact) mass is 348 g/mol. The SMILES string of the molecule is CCNC(=NCCCOCCOC)N1CCN(c2ccccc2)CC1. The molecular formula is C19H32N4O2. The van der Waals surface area contributed by atoms with Crippen LogP contribution in [0.25, 0.3) is 0 Å². The first-order chi connectivity index (χ1) is 12.3. The topological polar surface area (TPSA) is 49.3 Å². The van der Waals surface area contributed by atoms with Crippen LogP contribution in [0.3, 0.4) is 0 Å². The molecule has 0 atom stereocenters. The van der Waals surface area contributed by atoms with E-state index in [1.807, 2.05) is 0 Å². The van der Waals surface area contributed by atoms with Crippen molar-refractivity contribution in [1.29, 1.82) is 0 Å². The molecule has 1 aliphatic heterocycles. The second-order valence-corrected chi connectivity index (χ2v) is 6.00. The van der Waals surface area contributed by atoms with Crippen LogP contribution in [0.15, 0.2) is 35.3 Å². The third kappa shape index (κ3) is 6.92. The molecule has 6 heteroatoms. The van der Waals surface area contributed by atoms with E-state index in [1.165, 1.54) is 5.69 Å². The van der Waals surface area contributed by atoms with E-state index in [2.05, 4.69) is 52.4 Å². The fraction of sp³-hybridized carbons (Fsp3) is 0.632. The molecule has 1 aliphatic rings. The Morgan fingerprint density at radius 3 is 2.52 bits per heavy atom. The van der Waals surface area contributed by atoms with Crippen LogP contribution in [0.4, 0.5) is 5.69 Å². The molecule has 1 N–H and O–H groups in total. The third-order valence-electron chi connectivity index (χ3n) is 4.18. The standard InChI is InChI=1S/C19H32N4O2/c1-3-20-19(21-10-7-15-25-17-16-24-2)23-13-11-22(12-14-23)18-8-5-4-6-9-18/h4-6,8-9H,3,7,10-17H2,1-2H3,(H,20,21). The Labute approximate surface area is 151 Å². The van der Waals surface area contributed by atoms with Gasteiger partial charge in [-0.25, -0.2) is 0 Å². The maximum atomic E-state index is 5.49. The molecule has 1 fully saturated rings. The molecule has 1 saturated heterocycles. The van der Waals surface area contributed by atoms with Gasteiger partial charge in [-0.3, -0.25) is 4.99 Å². The average molecular weight is 348 g/mol. The number of hydrogen-bond donors (Lipinski definition) is 1. The third-order valence-corrected chi connectivity index (χ3v) is 4.18. The van der Waals surface area contributed by atoms with Crippen molar-refractivity contribution in [3.63, 3.8) is 0 Å². The summed E-state index contributed by atoms with van der Waals surface area (Å²) in [6.45, 7) is 9.85. The molecule has 0 aliphatic carbocycles. The Bertz CT molecular complexity index is 487. The lowest BCUT2D eigenvalue weighted by Crippen LogP contribution is -2.52. The van der Waals surface area contributed by atoms with E-state index in [0.717, 1.165) is 58.3 Å². The van der Waals surface area contributed by atoms with E-state index < -0.39 is 0 Å². The van der Waals surface area contributed by atoms with Crippen molar-refractivity contribution in [3.8, 4) is 0 Å². The Morgan fingerprint density at radius 2 is 1.84 bits per heavy atom. The zero-order valence-electron chi connectivity index (χ0n) is 15.6. The van der Waals surface area contributed by atoms with Crippen molar-refractivity contribution in [2.24, 2.45) is 4.99 Å². The van der Waals surface area contributed by atoms with Gasteiger partial charge in [-0.1, -0.05) is 18.2 Å². The highest BCUT2D eigenvalue weighted by Gasteiger charge is 2.19. The molecule has 0 bridgehead atoms. The summed E-state index contributed by atoms with van der Waals surface area (Å²) >= 11 is 0. The van der Waals surface area contributed by atoms with E-state index in [9.17, 15) is 0 Å². The quantitative estimate of drug-likeness (QED) is 0.419. The number of piperazine rings is 1. The lowest BCUT2D eigenvalue weighted by Gasteiger charge is -2.37. The summed E-state index contributed by atoms with van der Waals surface area (Å²) in [5.74, 6) is 1.02. The fourth-order valence-electron chi connectivity index (χ4n) is 2.84. The molecule has 25 heavy (non-hydrogen) atoms. The van der Waals surface area contributed by atoms with Gasteiger partial charge in [0.1, 0.15) is 0 Å². The van der Waals surface area contributed by atoms with Gasteiger partial charge in [-0.2, -0.15) is 0 Å². The second kappa shape index (κ2) is 11.7. The van der Waals surface area contributed by atoms with Gasteiger partial charge in [0.15, 0.2) is 5.96 Å². The molecule has 140 valence electrons. The molecule has 6 nitrogen and oxygen atoms in total. The Balaban J connectivity index is 1.75. The van der Waals surface area contributed by atoms with E-state index in [1.54, 1.807) is 7.11 Å². The highest BCUT2D eigenvalue weighted by Crippen LogP contribution is 2.15. The fourth-order valence-corrected chi connectivity index (χ4v) is 2.84. The van der Waals surface area contributed by atoms with Crippen LogP contribution < -0.4 is 10.2 Å². The summed E-state index contributed by atoms with van der Waals surface area (Å²) < 4.78 is 10.5. The van der Waals surface area contributed by atoms with Crippen molar-refractivity contribution >= 4 is 11.6 Å².